The van der Waals surface area contributed by atoms with E-state index in [1.807, 2.05) is 35.2 Å². The van der Waals surface area contributed by atoms with Crippen LogP contribution in [0.15, 0.2) is 54.6 Å². The Morgan fingerprint density at radius 3 is 2.26 bits per heavy atom. The monoisotopic (exact) mass is 472 g/mol. The van der Waals surface area contributed by atoms with E-state index in [0.29, 0.717) is 38.0 Å². The Bertz CT molecular complexity index is 1050. The number of piperidine rings is 1. The van der Waals surface area contributed by atoms with E-state index in [2.05, 4.69) is 10.6 Å². The number of alkyl halides is 3. The van der Waals surface area contributed by atoms with Crippen LogP contribution in [-0.2, 0) is 17.4 Å². The average Bonchev–Trinajstić information content (AvgIpc) is 3.61. The van der Waals surface area contributed by atoms with E-state index < -0.39 is 17.4 Å². The molecule has 1 atom stereocenters. The second kappa shape index (κ2) is 8.61. The molecule has 1 saturated carbocycles. The summed E-state index contributed by atoms with van der Waals surface area (Å²) in [5, 5.41) is 6.30. The second-order valence-electron chi connectivity index (χ2n) is 9.35. The number of amides is 3. The number of hydrogen-bond acceptors (Lipinski definition) is 3. The third-order valence-electron chi connectivity index (χ3n) is 6.98. The number of anilines is 1. The number of rotatable bonds is 4. The van der Waals surface area contributed by atoms with Gasteiger partial charge in [0.05, 0.1) is 17.3 Å². The molecule has 6 nitrogen and oxygen atoms in total. The SMILES string of the molecule is O=C(Nc1ccc(C(F)(F)F)cc1)N1CCC2(CC1)N[C@H](Cc1ccccc1)C(=O)N2C1CC1. The van der Waals surface area contributed by atoms with Gasteiger partial charge in [-0.1, -0.05) is 30.3 Å². The van der Waals surface area contributed by atoms with Crippen LogP contribution < -0.4 is 10.6 Å². The minimum atomic E-state index is -4.42. The Labute approximate surface area is 196 Å². The van der Waals surface area contributed by atoms with Gasteiger partial charge in [-0.15, -0.1) is 0 Å². The Morgan fingerprint density at radius 1 is 1.03 bits per heavy atom. The summed E-state index contributed by atoms with van der Waals surface area (Å²) in [5.41, 5.74) is 0.208. The fraction of sp³-hybridized carbons (Fsp3) is 0.440. The zero-order valence-electron chi connectivity index (χ0n) is 18.6. The molecule has 5 rings (SSSR count). The number of carbonyl (C=O) groups excluding carboxylic acids is 2. The summed E-state index contributed by atoms with van der Waals surface area (Å²) in [4.78, 5) is 29.7. The van der Waals surface area contributed by atoms with Crippen molar-refractivity contribution in [3.8, 4) is 0 Å². The van der Waals surface area contributed by atoms with Crippen molar-refractivity contribution in [2.45, 2.75) is 56.0 Å². The van der Waals surface area contributed by atoms with Gasteiger partial charge in [-0.3, -0.25) is 10.1 Å². The highest BCUT2D eigenvalue weighted by Crippen LogP contribution is 2.41. The van der Waals surface area contributed by atoms with Gasteiger partial charge in [0.15, 0.2) is 0 Å². The molecule has 34 heavy (non-hydrogen) atoms. The largest absolute Gasteiger partial charge is 0.416 e. The molecule has 3 fully saturated rings. The smallest absolute Gasteiger partial charge is 0.324 e. The molecule has 3 aliphatic rings. The maximum Gasteiger partial charge on any atom is 0.416 e. The van der Waals surface area contributed by atoms with Gasteiger partial charge in [-0.25, -0.2) is 4.79 Å². The zero-order chi connectivity index (χ0) is 23.9. The molecule has 2 heterocycles. The van der Waals surface area contributed by atoms with Gasteiger partial charge in [-0.2, -0.15) is 13.2 Å². The van der Waals surface area contributed by atoms with Crippen LogP contribution in [0.1, 0.15) is 36.8 Å². The average molecular weight is 473 g/mol. The molecule has 0 aromatic heterocycles. The molecule has 0 bridgehead atoms. The van der Waals surface area contributed by atoms with E-state index in [1.165, 1.54) is 12.1 Å². The van der Waals surface area contributed by atoms with Crippen LogP contribution in [-0.4, -0.2) is 52.6 Å². The molecule has 9 heteroatoms. The lowest BCUT2D eigenvalue weighted by molar-refractivity contribution is -0.137. The van der Waals surface area contributed by atoms with Crippen LogP contribution in [0.5, 0.6) is 0 Å². The number of benzene rings is 2. The molecule has 1 spiro atoms. The zero-order valence-corrected chi connectivity index (χ0v) is 18.6. The quantitative estimate of drug-likeness (QED) is 0.700. The highest BCUT2D eigenvalue weighted by atomic mass is 19.4. The molecule has 0 radical (unpaired) electrons. The van der Waals surface area contributed by atoms with Crippen LogP contribution in [0.4, 0.5) is 23.7 Å². The number of nitrogens with zero attached hydrogens (tertiary/aromatic N) is 2. The third-order valence-corrected chi connectivity index (χ3v) is 6.98. The van der Waals surface area contributed by atoms with Crippen molar-refractivity contribution >= 4 is 17.6 Å². The molecule has 2 aliphatic heterocycles. The van der Waals surface area contributed by atoms with Gasteiger partial charge in [0.2, 0.25) is 5.91 Å². The first-order chi connectivity index (χ1) is 16.2. The van der Waals surface area contributed by atoms with Gasteiger partial charge in [0.25, 0.3) is 0 Å². The minimum Gasteiger partial charge on any atom is -0.324 e. The first kappa shape index (κ1) is 22.7. The number of hydrogen-bond donors (Lipinski definition) is 2. The van der Waals surface area contributed by atoms with E-state index in [1.54, 1.807) is 4.90 Å². The standard InChI is InChI=1S/C25H27F3N4O2/c26-25(27,28)18-6-8-19(9-7-18)29-23(34)31-14-12-24(13-15-31)30-21(16-17-4-2-1-3-5-17)22(33)32(24)20-10-11-20/h1-9,20-21,30H,10-16H2,(H,29,34)/t21-/m1/s1. The van der Waals surface area contributed by atoms with E-state index in [4.69, 9.17) is 0 Å². The summed E-state index contributed by atoms with van der Waals surface area (Å²) in [7, 11) is 0. The molecule has 2 saturated heterocycles. The Kier molecular flexibility index (Phi) is 5.75. The van der Waals surface area contributed by atoms with Gasteiger partial charge >= 0.3 is 12.2 Å². The second-order valence-corrected chi connectivity index (χ2v) is 9.35. The van der Waals surface area contributed by atoms with Gasteiger partial charge < -0.3 is 15.1 Å². The molecular formula is C25H27F3N4O2. The summed E-state index contributed by atoms with van der Waals surface area (Å²) >= 11 is 0. The van der Waals surface area contributed by atoms with Crippen molar-refractivity contribution in [2.75, 3.05) is 18.4 Å². The first-order valence-electron chi connectivity index (χ1n) is 11.6. The molecule has 1 aliphatic carbocycles. The highest BCUT2D eigenvalue weighted by Gasteiger charge is 2.56. The summed E-state index contributed by atoms with van der Waals surface area (Å²) < 4.78 is 38.3. The lowest BCUT2D eigenvalue weighted by atomic mass is 9.95. The van der Waals surface area contributed by atoms with Gasteiger partial charge in [0.1, 0.15) is 0 Å². The van der Waals surface area contributed by atoms with E-state index >= 15 is 0 Å². The van der Waals surface area contributed by atoms with Gasteiger partial charge in [-0.05, 0) is 49.1 Å². The van der Waals surface area contributed by atoms with Crippen molar-refractivity contribution in [2.24, 2.45) is 0 Å². The van der Waals surface area contributed by atoms with Crippen LogP contribution in [0.2, 0.25) is 0 Å². The first-order valence-corrected chi connectivity index (χ1v) is 11.6. The third kappa shape index (κ3) is 4.49. The summed E-state index contributed by atoms with van der Waals surface area (Å²) in [6.07, 6.45) is -0.553. The Balaban J connectivity index is 1.23. The number of carbonyl (C=O) groups is 2. The van der Waals surface area contributed by atoms with Crippen LogP contribution in [0.25, 0.3) is 0 Å². The van der Waals surface area contributed by atoms with Crippen LogP contribution in [0.3, 0.4) is 0 Å². The fourth-order valence-electron chi connectivity index (χ4n) is 5.09. The molecule has 180 valence electrons. The van der Waals surface area contributed by atoms with Crippen molar-refractivity contribution < 1.29 is 22.8 Å². The van der Waals surface area contributed by atoms with E-state index in [0.717, 1.165) is 30.5 Å². The number of likely N-dealkylation sites (tertiary alicyclic amines) is 1. The van der Waals surface area contributed by atoms with E-state index in [-0.39, 0.29) is 24.0 Å². The summed E-state index contributed by atoms with van der Waals surface area (Å²) in [6, 6.07) is 14.0. The van der Waals surface area contributed by atoms with Gasteiger partial charge in [0, 0.05) is 37.7 Å². The Hall–Kier alpha value is -3.07. The summed E-state index contributed by atoms with van der Waals surface area (Å²) in [5.74, 6) is 0.133. The topological polar surface area (TPSA) is 64.7 Å². The fourth-order valence-corrected chi connectivity index (χ4v) is 5.09. The lowest BCUT2D eigenvalue weighted by Crippen LogP contribution is -2.60. The van der Waals surface area contributed by atoms with E-state index in [9.17, 15) is 22.8 Å². The van der Waals surface area contributed by atoms with Crippen molar-refractivity contribution in [1.29, 1.82) is 0 Å². The van der Waals surface area contributed by atoms with Crippen molar-refractivity contribution in [1.82, 2.24) is 15.1 Å². The maximum atomic E-state index is 13.3. The predicted molar refractivity (Wildman–Crippen MR) is 121 cm³/mol. The van der Waals surface area contributed by atoms with Crippen molar-refractivity contribution in [3.63, 3.8) is 0 Å². The normalized spacial score (nSPS) is 22.3. The predicted octanol–water partition coefficient (Wildman–Crippen LogP) is 4.23. The minimum absolute atomic E-state index is 0.133. The summed E-state index contributed by atoms with van der Waals surface area (Å²) in [6.45, 7) is 0.905. The van der Waals surface area contributed by atoms with Crippen LogP contribution >= 0.6 is 0 Å². The molecule has 0 unspecified atom stereocenters. The van der Waals surface area contributed by atoms with Crippen molar-refractivity contribution in [3.05, 3.63) is 65.7 Å². The maximum absolute atomic E-state index is 13.3. The van der Waals surface area contributed by atoms with Crippen LogP contribution in [0, 0.1) is 0 Å². The lowest BCUT2D eigenvalue weighted by Gasteiger charge is -2.44. The highest BCUT2D eigenvalue weighted by molar-refractivity contribution is 5.90. The molecule has 3 amide bonds. The molecule has 2 aromatic rings. The molecular weight excluding hydrogens is 445 g/mol. The number of urea groups is 1. The Morgan fingerprint density at radius 2 is 1.68 bits per heavy atom. The molecule has 2 aromatic carbocycles. The number of halogens is 3. The molecule has 2 N–H and O–H groups in total. The number of nitrogens with one attached hydrogen (secondary N) is 2.